The highest BCUT2D eigenvalue weighted by molar-refractivity contribution is 5.91. The Labute approximate surface area is 201 Å². The molecule has 2 aliphatic rings. The van der Waals surface area contributed by atoms with Gasteiger partial charge in [0.1, 0.15) is 17.7 Å². The summed E-state index contributed by atoms with van der Waals surface area (Å²) < 4.78 is 0. The fraction of sp³-hybridized carbons (Fsp3) is 0.600. The number of benzene rings is 1. The van der Waals surface area contributed by atoms with E-state index in [1.165, 1.54) is 12.8 Å². The van der Waals surface area contributed by atoms with Crippen LogP contribution >= 0.6 is 0 Å². The Kier molecular flexibility index (Phi) is 7.50. The van der Waals surface area contributed by atoms with Gasteiger partial charge in [-0.15, -0.1) is 0 Å². The molecular formula is C25H37N7O2. The largest absolute Gasteiger partial charge is 0.368 e. The SMILES string of the molecule is CC(C)[C@H](Nc1nc(CN2CCN(C(=O)NC3CCCC3)C[C@@H]2C)nc2ccccc12)C(N)=O. The number of anilines is 1. The number of para-hydroxylation sites is 1. The summed E-state index contributed by atoms with van der Waals surface area (Å²) in [4.78, 5) is 38.5. The molecule has 2 fully saturated rings. The Balaban J connectivity index is 1.46. The van der Waals surface area contributed by atoms with Crippen molar-refractivity contribution in [3.63, 3.8) is 0 Å². The van der Waals surface area contributed by atoms with Gasteiger partial charge >= 0.3 is 6.03 Å². The lowest BCUT2D eigenvalue weighted by Crippen LogP contribution is -2.56. The zero-order valence-electron chi connectivity index (χ0n) is 20.5. The van der Waals surface area contributed by atoms with Crippen LogP contribution < -0.4 is 16.4 Å². The van der Waals surface area contributed by atoms with E-state index in [9.17, 15) is 9.59 Å². The predicted molar refractivity (Wildman–Crippen MR) is 133 cm³/mol. The lowest BCUT2D eigenvalue weighted by atomic mass is 10.0. The number of piperazine rings is 1. The maximum Gasteiger partial charge on any atom is 0.317 e. The highest BCUT2D eigenvalue weighted by Crippen LogP contribution is 2.24. The zero-order chi connectivity index (χ0) is 24.2. The maximum absolute atomic E-state index is 12.7. The average Bonchev–Trinajstić information content (AvgIpc) is 3.31. The first-order chi connectivity index (χ1) is 16.3. The van der Waals surface area contributed by atoms with E-state index < -0.39 is 11.9 Å². The van der Waals surface area contributed by atoms with Crippen molar-refractivity contribution in [1.29, 1.82) is 0 Å². The molecule has 2 heterocycles. The number of nitrogens with two attached hydrogens (primary N) is 1. The van der Waals surface area contributed by atoms with E-state index in [2.05, 4.69) is 22.5 Å². The minimum atomic E-state index is -0.521. The average molecular weight is 468 g/mol. The number of hydrogen-bond donors (Lipinski definition) is 3. The molecule has 1 saturated carbocycles. The van der Waals surface area contributed by atoms with Crippen LogP contribution in [0.5, 0.6) is 0 Å². The van der Waals surface area contributed by atoms with Crippen molar-refractivity contribution in [3.8, 4) is 0 Å². The minimum absolute atomic E-state index is 0.0261. The molecule has 2 aromatic rings. The number of fused-ring (bicyclic) bond motifs is 1. The number of carbonyl (C=O) groups excluding carboxylic acids is 2. The minimum Gasteiger partial charge on any atom is -0.368 e. The van der Waals surface area contributed by atoms with Gasteiger partial charge in [-0.25, -0.2) is 14.8 Å². The summed E-state index contributed by atoms with van der Waals surface area (Å²) in [5, 5.41) is 7.32. The summed E-state index contributed by atoms with van der Waals surface area (Å²) in [6.45, 7) is 8.73. The second-order valence-electron chi connectivity index (χ2n) is 9.97. The van der Waals surface area contributed by atoms with E-state index in [0.717, 1.165) is 30.3 Å². The van der Waals surface area contributed by atoms with Gasteiger partial charge in [0.15, 0.2) is 0 Å². The molecule has 1 saturated heterocycles. The van der Waals surface area contributed by atoms with Gasteiger partial charge in [-0.2, -0.15) is 0 Å². The van der Waals surface area contributed by atoms with Crippen molar-refractivity contribution in [3.05, 3.63) is 30.1 Å². The number of nitrogens with zero attached hydrogens (tertiary/aromatic N) is 4. The predicted octanol–water partition coefficient (Wildman–Crippen LogP) is 2.71. The van der Waals surface area contributed by atoms with Crippen LogP contribution in [0.3, 0.4) is 0 Å². The quantitative estimate of drug-likeness (QED) is 0.577. The summed E-state index contributed by atoms with van der Waals surface area (Å²) >= 11 is 0. The number of nitrogens with one attached hydrogen (secondary N) is 2. The fourth-order valence-electron chi connectivity index (χ4n) is 4.95. The molecule has 2 atom stereocenters. The van der Waals surface area contributed by atoms with Crippen molar-refractivity contribution < 1.29 is 9.59 Å². The normalized spacial score (nSPS) is 20.6. The van der Waals surface area contributed by atoms with Gasteiger partial charge < -0.3 is 21.3 Å². The van der Waals surface area contributed by atoms with Gasteiger partial charge in [-0.05, 0) is 37.8 Å². The second kappa shape index (κ2) is 10.5. The first kappa shape index (κ1) is 24.2. The molecule has 4 rings (SSSR count). The number of amides is 3. The van der Waals surface area contributed by atoms with Gasteiger partial charge in [-0.1, -0.05) is 38.8 Å². The Morgan fingerprint density at radius 3 is 2.56 bits per heavy atom. The van der Waals surface area contributed by atoms with Crippen LogP contribution in [-0.4, -0.2) is 69.5 Å². The Morgan fingerprint density at radius 2 is 1.88 bits per heavy atom. The van der Waals surface area contributed by atoms with Gasteiger partial charge in [-0.3, -0.25) is 9.69 Å². The summed E-state index contributed by atoms with van der Waals surface area (Å²) in [6.07, 6.45) is 4.58. The molecule has 0 bridgehead atoms. The van der Waals surface area contributed by atoms with E-state index in [1.54, 1.807) is 0 Å². The third kappa shape index (κ3) is 5.58. The number of aromatic nitrogens is 2. The van der Waals surface area contributed by atoms with Crippen LogP contribution in [0.1, 0.15) is 52.3 Å². The molecule has 9 heteroatoms. The van der Waals surface area contributed by atoms with Crippen molar-refractivity contribution in [1.82, 2.24) is 25.1 Å². The number of urea groups is 1. The molecule has 34 heavy (non-hydrogen) atoms. The molecule has 0 radical (unpaired) electrons. The summed E-state index contributed by atoms with van der Waals surface area (Å²) in [7, 11) is 0. The Bertz CT molecular complexity index is 1020. The van der Waals surface area contributed by atoms with Gasteiger partial charge in [0, 0.05) is 37.1 Å². The molecule has 3 amide bonds. The lowest BCUT2D eigenvalue weighted by Gasteiger charge is -2.39. The van der Waals surface area contributed by atoms with Crippen molar-refractivity contribution in [2.45, 2.75) is 71.1 Å². The molecular weight excluding hydrogens is 430 g/mol. The van der Waals surface area contributed by atoms with Gasteiger partial charge in [0.2, 0.25) is 5.91 Å². The van der Waals surface area contributed by atoms with Crippen molar-refractivity contribution in [2.24, 2.45) is 11.7 Å². The van der Waals surface area contributed by atoms with E-state index >= 15 is 0 Å². The highest BCUT2D eigenvalue weighted by atomic mass is 16.2. The number of hydrogen-bond acceptors (Lipinski definition) is 6. The van der Waals surface area contributed by atoms with Gasteiger partial charge in [0.25, 0.3) is 0 Å². The number of rotatable bonds is 7. The molecule has 1 aromatic heterocycles. The molecule has 1 aliphatic heterocycles. The summed E-state index contributed by atoms with van der Waals surface area (Å²) in [6, 6.07) is 7.82. The van der Waals surface area contributed by atoms with Crippen LogP contribution in [0, 0.1) is 5.92 Å². The van der Waals surface area contributed by atoms with E-state index in [-0.39, 0.29) is 18.0 Å². The number of primary amides is 1. The first-order valence-electron chi connectivity index (χ1n) is 12.4. The molecule has 184 valence electrons. The molecule has 4 N–H and O–H groups in total. The second-order valence-corrected chi connectivity index (χ2v) is 9.97. The summed E-state index contributed by atoms with van der Waals surface area (Å²) in [5.41, 5.74) is 6.46. The highest BCUT2D eigenvalue weighted by Gasteiger charge is 2.29. The van der Waals surface area contributed by atoms with E-state index in [1.807, 2.05) is 43.0 Å². The molecule has 1 aromatic carbocycles. The smallest absolute Gasteiger partial charge is 0.317 e. The monoisotopic (exact) mass is 467 g/mol. The standard InChI is InChI=1S/C25H37N7O2/c1-16(2)22(23(26)33)30-24-19-10-6-7-11-20(19)28-21(29-24)15-31-12-13-32(14-17(31)3)25(34)27-18-8-4-5-9-18/h6-7,10-11,16-18,22H,4-5,8-9,12-15H2,1-3H3,(H2,26,33)(H,27,34)(H,28,29,30)/t17-,22-/m0/s1. The van der Waals surface area contributed by atoms with Crippen LogP contribution in [0.4, 0.5) is 10.6 Å². The van der Waals surface area contributed by atoms with E-state index in [4.69, 9.17) is 15.7 Å². The Hall–Kier alpha value is -2.94. The molecule has 9 nitrogen and oxygen atoms in total. The molecule has 0 spiro atoms. The molecule has 1 aliphatic carbocycles. The fourth-order valence-corrected chi connectivity index (χ4v) is 4.95. The van der Waals surface area contributed by atoms with Crippen molar-refractivity contribution >= 4 is 28.7 Å². The van der Waals surface area contributed by atoms with E-state index in [0.29, 0.717) is 37.3 Å². The lowest BCUT2D eigenvalue weighted by molar-refractivity contribution is -0.119. The topological polar surface area (TPSA) is 116 Å². The van der Waals surface area contributed by atoms with Crippen molar-refractivity contribution in [2.75, 3.05) is 25.0 Å². The maximum atomic E-state index is 12.7. The molecule has 0 unspecified atom stereocenters. The first-order valence-corrected chi connectivity index (χ1v) is 12.4. The Morgan fingerprint density at radius 1 is 1.15 bits per heavy atom. The number of carbonyl (C=O) groups is 2. The summed E-state index contributed by atoms with van der Waals surface area (Å²) in [5.74, 6) is 0.933. The van der Waals surface area contributed by atoms with Crippen LogP contribution in [-0.2, 0) is 11.3 Å². The van der Waals surface area contributed by atoms with Gasteiger partial charge in [0.05, 0.1) is 12.1 Å². The third-order valence-electron chi connectivity index (χ3n) is 6.99. The van der Waals surface area contributed by atoms with Crippen LogP contribution in [0.2, 0.25) is 0 Å². The zero-order valence-corrected chi connectivity index (χ0v) is 20.5. The third-order valence-corrected chi connectivity index (χ3v) is 6.99. The van der Waals surface area contributed by atoms with Crippen LogP contribution in [0.15, 0.2) is 24.3 Å². The van der Waals surface area contributed by atoms with Crippen LogP contribution in [0.25, 0.3) is 10.9 Å².